The van der Waals surface area contributed by atoms with Crippen LogP contribution >= 0.6 is 0 Å². The van der Waals surface area contributed by atoms with E-state index in [2.05, 4.69) is 17.1 Å². The first-order chi connectivity index (χ1) is 13.4. The Balaban J connectivity index is 1.58. The van der Waals surface area contributed by atoms with Crippen LogP contribution in [0.2, 0.25) is 0 Å². The van der Waals surface area contributed by atoms with E-state index in [1.165, 1.54) is 5.56 Å². The van der Waals surface area contributed by atoms with E-state index in [0.29, 0.717) is 36.9 Å². The molecule has 0 unspecified atom stereocenters. The molecule has 2 fully saturated rings. The number of carboxylic acids is 1. The Labute approximate surface area is 164 Å². The maximum absolute atomic E-state index is 13.1. The molecule has 1 aliphatic heterocycles. The zero-order valence-electron chi connectivity index (χ0n) is 16.4. The summed E-state index contributed by atoms with van der Waals surface area (Å²) in [6.07, 6.45) is 2.83. The second-order valence-corrected chi connectivity index (χ2v) is 8.10. The molecule has 6 heteroatoms. The third-order valence-corrected chi connectivity index (χ3v) is 6.52. The number of hydrogen-bond acceptors (Lipinski definition) is 4. The molecule has 0 spiro atoms. The summed E-state index contributed by atoms with van der Waals surface area (Å²) in [5.41, 5.74) is 0.968. The minimum absolute atomic E-state index is 0.0539. The van der Waals surface area contributed by atoms with E-state index in [9.17, 15) is 14.7 Å². The summed E-state index contributed by atoms with van der Waals surface area (Å²) >= 11 is 0. The lowest BCUT2D eigenvalue weighted by Crippen LogP contribution is -2.43. The average molecular weight is 382 g/mol. The molecule has 1 saturated carbocycles. The number of carboxylic acid groups (broad SMARTS) is 1. The molecular formula is C22H26N2O4. The molecule has 3 atom stereocenters. The molecule has 0 bridgehead atoms. The normalized spacial score (nSPS) is 26.9. The smallest absolute Gasteiger partial charge is 0.311 e. The molecule has 0 radical (unpaired) electrons. The number of amides is 1. The molecule has 1 aromatic carbocycles. The molecule has 1 aromatic heterocycles. The Morgan fingerprint density at radius 1 is 1.32 bits per heavy atom. The van der Waals surface area contributed by atoms with Gasteiger partial charge in [0.1, 0.15) is 0 Å². The van der Waals surface area contributed by atoms with Crippen LogP contribution in [0, 0.1) is 18.3 Å². The van der Waals surface area contributed by atoms with Gasteiger partial charge in [-0.1, -0.05) is 37.3 Å². The number of aryl methyl sites for hydroxylation is 2. The van der Waals surface area contributed by atoms with Crippen molar-refractivity contribution in [1.82, 2.24) is 9.88 Å². The standard InChI is InChI=1S/C22H26N2O4/c1-3-18-23-14(2)19(28-18)20(25)24-12-17-11-16(15-7-5-4-6-8-15)9-10-22(17,13-24)21(26)27/h4-8,16-17H,3,9-13H2,1-2H3,(H,26,27)/t16-,17-,22-/m1/s1. The number of carbonyl (C=O) groups excluding carboxylic acids is 1. The first kappa shape index (κ1) is 18.7. The van der Waals surface area contributed by atoms with Gasteiger partial charge in [0.05, 0.1) is 11.1 Å². The maximum Gasteiger partial charge on any atom is 0.311 e. The third kappa shape index (κ3) is 3.01. The average Bonchev–Trinajstić information content (AvgIpc) is 3.28. The van der Waals surface area contributed by atoms with Gasteiger partial charge < -0.3 is 14.4 Å². The number of oxazole rings is 1. The second kappa shape index (κ2) is 7.08. The van der Waals surface area contributed by atoms with Crippen LogP contribution in [-0.2, 0) is 11.2 Å². The van der Waals surface area contributed by atoms with E-state index in [0.717, 1.165) is 12.8 Å². The summed E-state index contributed by atoms with van der Waals surface area (Å²) in [4.78, 5) is 31.3. The highest BCUT2D eigenvalue weighted by atomic mass is 16.4. The third-order valence-electron chi connectivity index (χ3n) is 6.52. The van der Waals surface area contributed by atoms with E-state index < -0.39 is 11.4 Å². The monoisotopic (exact) mass is 382 g/mol. The van der Waals surface area contributed by atoms with Crippen molar-refractivity contribution in [2.75, 3.05) is 13.1 Å². The summed E-state index contributed by atoms with van der Waals surface area (Å²) in [5.74, 6) is 0.0400. The van der Waals surface area contributed by atoms with Gasteiger partial charge in [-0.05, 0) is 43.6 Å². The number of nitrogens with zero attached hydrogens (tertiary/aromatic N) is 2. The van der Waals surface area contributed by atoms with Gasteiger partial charge in [-0.3, -0.25) is 9.59 Å². The first-order valence-electron chi connectivity index (χ1n) is 9.98. The quantitative estimate of drug-likeness (QED) is 0.872. The molecule has 1 amide bonds. The largest absolute Gasteiger partial charge is 0.481 e. The van der Waals surface area contributed by atoms with Gasteiger partial charge in [0.25, 0.3) is 5.91 Å². The highest BCUT2D eigenvalue weighted by Crippen LogP contribution is 2.51. The van der Waals surface area contributed by atoms with Crippen molar-refractivity contribution in [3.63, 3.8) is 0 Å². The van der Waals surface area contributed by atoms with E-state index >= 15 is 0 Å². The molecule has 1 aliphatic carbocycles. The molecule has 1 saturated heterocycles. The Hall–Kier alpha value is -2.63. The fraction of sp³-hybridized carbons (Fsp3) is 0.500. The number of fused-ring (bicyclic) bond motifs is 1. The Bertz CT molecular complexity index is 891. The van der Waals surface area contributed by atoms with E-state index in [1.54, 1.807) is 11.8 Å². The number of aliphatic carboxylic acids is 1. The van der Waals surface area contributed by atoms with Gasteiger partial charge in [-0.25, -0.2) is 4.98 Å². The summed E-state index contributed by atoms with van der Waals surface area (Å²) in [5, 5.41) is 10.0. The van der Waals surface area contributed by atoms with Crippen LogP contribution in [0.3, 0.4) is 0 Å². The van der Waals surface area contributed by atoms with Crippen molar-refractivity contribution in [2.45, 2.75) is 45.4 Å². The highest BCUT2D eigenvalue weighted by molar-refractivity contribution is 5.93. The Kier molecular flexibility index (Phi) is 4.73. The predicted octanol–water partition coefficient (Wildman–Crippen LogP) is 3.66. The van der Waals surface area contributed by atoms with Crippen molar-refractivity contribution in [3.8, 4) is 0 Å². The van der Waals surface area contributed by atoms with Crippen LogP contribution in [-0.4, -0.2) is 40.0 Å². The van der Waals surface area contributed by atoms with Gasteiger partial charge in [0.2, 0.25) is 5.76 Å². The molecule has 2 aromatic rings. The van der Waals surface area contributed by atoms with Crippen molar-refractivity contribution in [2.24, 2.45) is 11.3 Å². The van der Waals surface area contributed by atoms with Crippen molar-refractivity contribution < 1.29 is 19.1 Å². The SMILES string of the molecule is CCc1nc(C)c(C(=O)N2C[C@H]3C[C@H](c4ccccc4)CC[C@@]3(C(=O)O)C2)o1. The van der Waals surface area contributed by atoms with Crippen LogP contribution in [0.25, 0.3) is 0 Å². The molecule has 4 rings (SSSR count). The summed E-state index contributed by atoms with van der Waals surface area (Å²) in [6.45, 7) is 4.38. The van der Waals surface area contributed by atoms with E-state index in [1.807, 2.05) is 25.1 Å². The van der Waals surface area contributed by atoms with Crippen LogP contribution in [0.5, 0.6) is 0 Å². The van der Waals surface area contributed by atoms with Gasteiger partial charge in [0, 0.05) is 19.5 Å². The second-order valence-electron chi connectivity index (χ2n) is 8.10. The first-order valence-corrected chi connectivity index (χ1v) is 9.98. The zero-order valence-corrected chi connectivity index (χ0v) is 16.4. The molecule has 148 valence electrons. The molecular weight excluding hydrogens is 356 g/mol. The van der Waals surface area contributed by atoms with Gasteiger partial charge in [-0.15, -0.1) is 0 Å². The van der Waals surface area contributed by atoms with Crippen LogP contribution in [0.4, 0.5) is 0 Å². The summed E-state index contributed by atoms with van der Waals surface area (Å²) < 4.78 is 5.63. The predicted molar refractivity (Wildman–Crippen MR) is 103 cm³/mol. The number of hydrogen-bond donors (Lipinski definition) is 1. The fourth-order valence-corrected chi connectivity index (χ4v) is 4.93. The van der Waals surface area contributed by atoms with E-state index in [4.69, 9.17) is 4.42 Å². The minimum Gasteiger partial charge on any atom is -0.481 e. The summed E-state index contributed by atoms with van der Waals surface area (Å²) in [6, 6.07) is 10.3. The maximum atomic E-state index is 13.1. The van der Waals surface area contributed by atoms with Crippen LogP contribution in [0.1, 0.15) is 59.8 Å². The number of rotatable bonds is 4. The van der Waals surface area contributed by atoms with Crippen molar-refractivity contribution in [1.29, 1.82) is 0 Å². The van der Waals surface area contributed by atoms with E-state index in [-0.39, 0.29) is 24.1 Å². The van der Waals surface area contributed by atoms with Crippen LogP contribution in [0.15, 0.2) is 34.7 Å². The van der Waals surface area contributed by atoms with Crippen molar-refractivity contribution in [3.05, 3.63) is 53.2 Å². The van der Waals surface area contributed by atoms with Crippen molar-refractivity contribution >= 4 is 11.9 Å². The molecule has 28 heavy (non-hydrogen) atoms. The molecule has 6 nitrogen and oxygen atoms in total. The fourth-order valence-electron chi connectivity index (χ4n) is 4.93. The van der Waals surface area contributed by atoms with Crippen LogP contribution < -0.4 is 0 Å². The number of aromatic nitrogens is 1. The molecule has 1 N–H and O–H groups in total. The zero-order chi connectivity index (χ0) is 19.9. The lowest BCUT2D eigenvalue weighted by Gasteiger charge is -2.38. The molecule has 2 aliphatic rings. The minimum atomic E-state index is -0.859. The van der Waals surface area contributed by atoms with Gasteiger partial charge >= 0.3 is 5.97 Å². The summed E-state index contributed by atoms with van der Waals surface area (Å²) in [7, 11) is 0. The highest BCUT2D eigenvalue weighted by Gasteiger charge is 2.56. The lowest BCUT2D eigenvalue weighted by molar-refractivity contribution is -0.152. The Morgan fingerprint density at radius 3 is 2.71 bits per heavy atom. The lowest BCUT2D eigenvalue weighted by atomic mass is 9.64. The van der Waals surface area contributed by atoms with Gasteiger partial charge in [0.15, 0.2) is 5.89 Å². The topological polar surface area (TPSA) is 83.6 Å². The van der Waals surface area contributed by atoms with Gasteiger partial charge in [-0.2, -0.15) is 0 Å². The molecule has 2 heterocycles. The number of carbonyl (C=O) groups is 2. The number of benzene rings is 1. The number of likely N-dealkylation sites (tertiary alicyclic amines) is 1. The Morgan fingerprint density at radius 2 is 2.07 bits per heavy atom.